The van der Waals surface area contributed by atoms with Crippen LogP contribution in [0.2, 0.25) is 0 Å². The number of hydrogen-bond donors (Lipinski definition) is 1. The maximum atomic E-state index is 14.0. The summed E-state index contributed by atoms with van der Waals surface area (Å²) in [7, 11) is 1.21. The summed E-state index contributed by atoms with van der Waals surface area (Å²) in [4.78, 5) is 28.1. The van der Waals surface area contributed by atoms with Gasteiger partial charge in [0.25, 0.3) is 0 Å². The van der Waals surface area contributed by atoms with Crippen molar-refractivity contribution < 1.29 is 18.7 Å². The molecule has 0 unspecified atom stereocenters. The van der Waals surface area contributed by atoms with Gasteiger partial charge in [-0.15, -0.1) is 0 Å². The van der Waals surface area contributed by atoms with Gasteiger partial charge in [0.1, 0.15) is 5.82 Å². The number of methoxy groups -OCH3 is 1. The molecule has 0 aliphatic carbocycles. The summed E-state index contributed by atoms with van der Waals surface area (Å²) >= 11 is 0. The van der Waals surface area contributed by atoms with Gasteiger partial charge in [0.2, 0.25) is 5.91 Å². The Bertz CT molecular complexity index is 733. The third-order valence-electron chi connectivity index (χ3n) is 3.58. The number of esters is 1. The normalized spacial score (nSPS) is 10.3. The van der Waals surface area contributed by atoms with Crippen LogP contribution in [0.15, 0.2) is 36.5 Å². The Hall–Kier alpha value is -2.76. The number of carbonyl (C=O) groups excluding carboxylic acids is 2. The molecule has 1 aromatic heterocycles. The van der Waals surface area contributed by atoms with E-state index in [1.807, 2.05) is 18.2 Å². The fraction of sp³-hybridized carbons (Fsp3) is 0.278. The molecule has 0 atom stereocenters. The van der Waals surface area contributed by atoms with Crippen LogP contribution in [0.4, 0.5) is 10.1 Å². The SMILES string of the molecule is COC(=O)c1c(C)ccc(F)c1NC(=O)CCCc1ccccn1. The minimum atomic E-state index is -0.684. The monoisotopic (exact) mass is 330 g/mol. The van der Waals surface area contributed by atoms with Gasteiger partial charge in [0.15, 0.2) is 0 Å². The van der Waals surface area contributed by atoms with Gasteiger partial charge < -0.3 is 10.1 Å². The van der Waals surface area contributed by atoms with Crippen LogP contribution in [0, 0.1) is 12.7 Å². The Balaban J connectivity index is 2.03. The van der Waals surface area contributed by atoms with E-state index in [1.165, 1.54) is 19.2 Å². The lowest BCUT2D eigenvalue weighted by molar-refractivity contribution is -0.116. The van der Waals surface area contributed by atoms with E-state index >= 15 is 0 Å². The molecular formula is C18H19FN2O3. The smallest absolute Gasteiger partial charge is 0.340 e. The Morgan fingerprint density at radius 1 is 1.25 bits per heavy atom. The lowest BCUT2D eigenvalue weighted by Gasteiger charge is -2.13. The van der Waals surface area contributed by atoms with E-state index in [0.29, 0.717) is 18.4 Å². The van der Waals surface area contributed by atoms with Crippen molar-refractivity contribution in [2.75, 3.05) is 12.4 Å². The van der Waals surface area contributed by atoms with Crippen LogP contribution in [0.3, 0.4) is 0 Å². The second-order valence-corrected chi connectivity index (χ2v) is 5.33. The number of nitrogens with zero attached hydrogens (tertiary/aromatic N) is 1. The summed E-state index contributed by atoms with van der Waals surface area (Å²) in [5, 5.41) is 2.49. The number of rotatable bonds is 6. The molecule has 0 radical (unpaired) electrons. The Morgan fingerprint density at radius 2 is 2.04 bits per heavy atom. The number of pyridine rings is 1. The van der Waals surface area contributed by atoms with Crippen molar-refractivity contribution in [3.8, 4) is 0 Å². The van der Waals surface area contributed by atoms with Crippen LogP contribution >= 0.6 is 0 Å². The Kier molecular flexibility index (Phi) is 6.01. The molecule has 1 N–H and O–H groups in total. The highest BCUT2D eigenvalue weighted by Gasteiger charge is 2.20. The standard InChI is InChI=1S/C18H19FN2O3/c1-12-9-10-14(19)17(16(12)18(23)24-2)21-15(22)8-5-7-13-6-3-4-11-20-13/h3-4,6,9-11H,5,7-8H2,1-2H3,(H,21,22). The van der Waals surface area contributed by atoms with Gasteiger partial charge in [-0.1, -0.05) is 12.1 Å². The molecule has 1 heterocycles. The number of carbonyl (C=O) groups is 2. The summed E-state index contributed by atoms with van der Waals surface area (Å²) in [6.45, 7) is 1.66. The zero-order valence-corrected chi connectivity index (χ0v) is 13.6. The zero-order valence-electron chi connectivity index (χ0n) is 13.6. The molecule has 0 bridgehead atoms. The van der Waals surface area contributed by atoms with Crippen LogP contribution < -0.4 is 5.32 Å². The van der Waals surface area contributed by atoms with Gasteiger partial charge in [0.05, 0.1) is 18.4 Å². The number of ether oxygens (including phenoxy) is 1. The molecule has 6 heteroatoms. The first kappa shape index (κ1) is 17.6. The van der Waals surface area contributed by atoms with Crippen LogP contribution in [-0.2, 0) is 16.0 Å². The summed E-state index contributed by atoms with van der Waals surface area (Å²) in [6, 6.07) is 8.27. The highest BCUT2D eigenvalue weighted by molar-refractivity contribution is 6.02. The van der Waals surface area contributed by atoms with E-state index in [0.717, 1.165) is 5.69 Å². The summed E-state index contributed by atoms with van der Waals surface area (Å²) in [6.07, 6.45) is 3.11. The van der Waals surface area contributed by atoms with Gasteiger partial charge >= 0.3 is 5.97 Å². The zero-order chi connectivity index (χ0) is 17.5. The lowest BCUT2D eigenvalue weighted by atomic mass is 10.1. The molecule has 0 saturated carbocycles. The molecule has 0 saturated heterocycles. The predicted molar refractivity (Wildman–Crippen MR) is 88.3 cm³/mol. The van der Waals surface area contributed by atoms with Crippen LogP contribution in [0.5, 0.6) is 0 Å². The number of aromatic nitrogens is 1. The van der Waals surface area contributed by atoms with Crippen molar-refractivity contribution >= 4 is 17.6 Å². The third kappa shape index (κ3) is 4.38. The fourth-order valence-electron chi connectivity index (χ4n) is 2.35. The molecule has 1 aromatic carbocycles. The fourth-order valence-corrected chi connectivity index (χ4v) is 2.35. The van der Waals surface area contributed by atoms with Crippen molar-refractivity contribution in [3.63, 3.8) is 0 Å². The highest BCUT2D eigenvalue weighted by Crippen LogP contribution is 2.24. The number of nitrogens with one attached hydrogen (secondary N) is 1. The first-order valence-electron chi connectivity index (χ1n) is 7.60. The molecule has 0 aliphatic rings. The quantitative estimate of drug-likeness (QED) is 0.825. The summed E-state index contributed by atoms with van der Waals surface area (Å²) in [5.74, 6) is -1.71. The van der Waals surface area contributed by atoms with Gasteiger partial charge in [-0.2, -0.15) is 0 Å². The molecule has 0 fully saturated rings. The molecule has 24 heavy (non-hydrogen) atoms. The molecular weight excluding hydrogens is 311 g/mol. The number of amides is 1. The molecule has 126 valence electrons. The largest absolute Gasteiger partial charge is 0.465 e. The van der Waals surface area contributed by atoms with Crippen molar-refractivity contribution in [2.24, 2.45) is 0 Å². The highest BCUT2D eigenvalue weighted by atomic mass is 19.1. The molecule has 0 aliphatic heterocycles. The topological polar surface area (TPSA) is 68.3 Å². The van der Waals surface area contributed by atoms with E-state index in [1.54, 1.807) is 13.1 Å². The van der Waals surface area contributed by atoms with E-state index < -0.39 is 11.8 Å². The first-order valence-corrected chi connectivity index (χ1v) is 7.60. The first-order chi connectivity index (χ1) is 11.5. The van der Waals surface area contributed by atoms with Crippen LogP contribution in [-0.4, -0.2) is 24.0 Å². The second kappa shape index (κ2) is 8.19. The second-order valence-electron chi connectivity index (χ2n) is 5.33. The van der Waals surface area contributed by atoms with Crippen molar-refractivity contribution in [2.45, 2.75) is 26.2 Å². The molecule has 1 amide bonds. The number of halogens is 1. The lowest BCUT2D eigenvalue weighted by Crippen LogP contribution is -2.17. The van der Waals surface area contributed by atoms with Crippen LogP contribution in [0.1, 0.15) is 34.5 Å². The summed E-state index contributed by atoms with van der Waals surface area (Å²) < 4.78 is 18.7. The average molecular weight is 330 g/mol. The van der Waals surface area contributed by atoms with Gasteiger partial charge in [-0.05, 0) is 43.5 Å². The van der Waals surface area contributed by atoms with E-state index in [9.17, 15) is 14.0 Å². The number of aryl methyl sites for hydroxylation is 2. The van der Waals surface area contributed by atoms with Crippen molar-refractivity contribution in [3.05, 3.63) is 59.2 Å². The average Bonchev–Trinajstić information content (AvgIpc) is 2.58. The third-order valence-corrected chi connectivity index (χ3v) is 3.58. The molecule has 5 nitrogen and oxygen atoms in total. The minimum Gasteiger partial charge on any atom is -0.465 e. The van der Waals surface area contributed by atoms with Crippen molar-refractivity contribution in [1.82, 2.24) is 4.98 Å². The molecule has 2 aromatic rings. The van der Waals surface area contributed by atoms with E-state index in [-0.39, 0.29) is 23.6 Å². The Morgan fingerprint density at radius 3 is 2.71 bits per heavy atom. The van der Waals surface area contributed by atoms with Crippen molar-refractivity contribution in [1.29, 1.82) is 0 Å². The minimum absolute atomic E-state index is 0.0376. The number of benzene rings is 1. The van der Waals surface area contributed by atoms with Gasteiger partial charge in [-0.25, -0.2) is 9.18 Å². The molecule has 0 spiro atoms. The predicted octanol–water partition coefficient (Wildman–Crippen LogP) is 3.28. The maximum absolute atomic E-state index is 14.0. The van der Waals surface area contributed by atoms with Gasteiger partial charge in [0, 0.05) is 18.3 Å². The van der Waals surface area contributed by atoms with Gasteiger partial charge in [-0.3, -0.25) is 9.78 Å². The Labute approximate surface area is 139 Å². The van der Waals surface area contributed by atoms with Crippen LogP contribution in [0.25, 0.3) is 0 Å². The summed E-state index contributed by atoms with van der Waals surface area (Å²) in [5.41, 5.74) is 1.33. The molecule has 2 rings (SSSR count). The number of anilines is 1. The van der Waals surface area contributed by atoms with E-state index in [4.69, 9.17) is 0 Å². The van der Waals surface area contributed by atoms with E-state index in [2.05, 4.69) is 15.0 Å². The number of hydrogen-bond acceptors (Lipinski definition) is 4. The maximum Gasteiger partial charge on any atom is 0.340 e.